The van der Waals surface area contributed by atoms with Gasteiger partial charge in [-0.2, -0.15) is 0 Å². The average molecular weight is 240 g/mol. The second-order valence-electron chi connectivity index (χ2n) is 5.94. The Bertz CT molecular complexity index is 347. The molecule has 5 heteroatoms. The van der Waals surface area contributed by atoms with Gasteiger partial charge < -0.3 is 19.5 Å². The zero-order valence-corrected chi connectivity index (χ0v) is 10.4. The number of likely N-dealkylation sites (tertiary alicyclic amines) is 1. The summed E-state index contributed by atoms with van der Waals surface area (Å²) < 4.78 is 5.29. The number of rotatable bonds is 1. The van der Waals surface area contributed by atoms with Crippen LogP contribution in [0.3, 0.4) is 0 Å². The number of carbonyl (C=O) groups is 2. The molecule has 1 aliphatic heterocycles. The zero-order valence-electron chi connectivity index (χ0n) is 10.4. The number of carbonyl (C=O) groups excluding carboxylic acids is 2. The zero-order chi connectivity index (χ0) is 12.8. The van der Waals surface area contributed by atoms with Crippen LogP contribution in [0.25, 0.3) is 0 Å². The van der Waals surface area contributed by atoms with Gasteiger partial charge in [0, 0.05) is 24.5 Å². The SMILES string of the molecule is CC(C)(C)OC(=O)N1CC2CC1CC2C(=O)[O-]. The minimum absolute atomic E-state index is 0.0118. The Kier molecular flexibility index (Phi) is 2.79. The van der Waals surface area contributed by atoms with E-state index in [1.54, 1.807) is 4.90 Å². The number of aliphatic carboxylic acids is 1. The Morgan fingerprint density at radius 1 is 1.29 bits per heavy atom. The fourth-order valence-electron chi connectivity index (χ4n) is 2.79. The molecule has 1 saturated carbocycles. The minimum atomic E-state index is -0.985. The third-order valence-corrected chi connectivity index (χ3v) is 3.47. The smallest absolute Gasteiger partial charge is 0.410 e. The van der Waals surface area contributed by atoms with Crippen molar-refractivity contribution in [3.05, 3.63) is 0 Å². The van der Waals surface area contributed by atoms with Crippen molar-refractivity contribution in [2.75, 3.05) is 6.54 Å². The molecule has 0 aromatic rings. The van der Waals surface area contributed by atoms with E-state index in [1.165, 1.54) is 0 Å². The summed E-state index contributed by atoms with van der Waals surface area (Å²) in [4.78, 5) is 24.4. The highest BCUT2D eigenvalue weighted by atomic mass is 16.6. The molecular formula is C12H18NO4-. The number of nitrogens with zero attached hydrogens (tertiary/aromatic N) is 1. The fourth-order valence-corrected chi connectivity index (χ4v) is 2.79. The topological polar surface area (TPSA) is 69.7 Å². The van der Waals surface area contributed by atoms with Gasteiger partial charge in [0.25, 0.3) is 0 Å². The predicted molar refractivity (Wildman–Crippen MR) is 57.9 cm³/mol. The molecule has 2 fully saturated rings. The van der Waals surface area contributed by atoms with Crippen molar-refractivity contribution in [2.45, 2.75) is 45.3 Å². The van der Waals surface area contributed by atoms with Crippen molar-refractivity contribution in [2.24, 2.45) is 11.8 Å². The van der Waals surface area contributed by atoms with Crippen molar-refractivity contribution in [3.8, 4) is 0 Å². The lowest BCUT2D eigenvalue weighted by Crippen LogP contribution is -2.46. The summed E-state index contributed by atoms with van der Waals surface area (Å²) in [5.41, 5.74) is -0.507. The van der Waals surface area contributed by atoms with E-state index in [4.69, 9.17) is 4.74 Å². The van der Waals surface area contributed by atoms with Gasteiger partial charge in [0.1, 0.15) is 5.60 Å². The van der Waals surface area contributed by atoms with Gasteiger partial charge in [-0.15, -0.1) is 0 Å². The van der Waals surface area contributed by atoms with Crippen LogP contribution in [-0.2, 0) is 9.53 Å². The van der Waals surface area contributed by atoms with Gasteiger partial charge in [-0.05, 0) is 39.5 Å². The maximum atomic E-state index is 11.9. The van der Waals surface area contributed by atoms with Crippen LogP contribution in [0.4, 0.5) is 4.79 Å². The van der Waals surface area contributed by atoms with Gasteiger partial charge >= 0.3 is 6.09 Å². The maximum Gasteiger partial charge on any atom is 0.410 e. The second kappa shape index (κ2) is 3.89. The first-order chi connectivity index (χ1) is 7.78. The molecule has 0 N–H and O–H groups in total. The molecule has 0 spiro atoms. The van der Waals surface area contributed by atoms with Crippen molar-refractivity contribution < 1.29 is 19.4 Å². The lowest BCUT2D eigenvalue weighted by atomic mass is 9.95. The quantitative estimate of drug-likeness (QED) is 0.664. The van der Waals surface area contributed by atoms with Gasteiger partial charge in [0.2, 0.25) is 0 Å². The molecule has 1 aliphatic carbocycles. The summed E-state index contributed by atoms with van der Waals surface area (Å²) >= 11 is 0. The molecule has 96 valence electrons. The Morgan fingerprint density at radius 3 is 2.35 bits per heavy atom. The monoisotopic (exact) mass is 240 g/mol. The van der Waals surface area contributed by atoms with E-state index in [1.807, 2.05) is 20.8 Å². The van der Waals surface area contributed by atoms with Crippen LogP contribution < -0.4 is 5.11 Å². The molecule has 2 aliphatic rings. The van der Waals surface area contributed by atoms with Crippen LogP contribution >= 0.6 is 0 Å². The van der Waals surface area contributed by atoms with Crippen LogP contribution in [0.2, 0.25) is 0 Å². The summed E-state index contributed by atoms with van der Waals surface area (Å²) in [6.07, 6.45) is 0.936. The molecule has 2 bridgehead atoms. The molecule has 1 heterocycles. The lowest BCUT2D eigenvalue weighted by molar-refractivity contribution is -0.313. The highest BCUT2D eigenvalue weighted by Gasteiger charge is 2.47. The van der Waals surface area contributed by atoms with E-state index in [9.17, 15) is 14.7 Å². The number of ether oxygens (including phenoxy) is 1. The van der Waals surface area contributed by atoms with E-state index in [0.29, 0.717) is 13.0 Å². The summed E-state index contributed by atoms with van der Waals surface area (Å²) in [6.45, 7) is 5.95. The van der Waals surface area contributed by atoms with Crippen molar-refractivity contribution in [1.29, 1.82) is 0 Å². The minimum Gasteiger partial charge on any atom is -0.550 e. The molecule has 3 atom stereocenters. The Hall–Kier alpha value is -1.26. The number of carboxylic acid groups (broad SMARTS) is 1. The van der Waals surface area contributed by atoms with Crippen LogP contribution in [0.5, 0.6) is 0 Å². The summed E-state index contributed by atoms with van der Waals surface area (Å²) in [5.74, 6) is -1.34. The largest absolute Gasteiger partial charge is 0.550 e. The number of piperidine rings is 1. The molecule has 0 aromatic carbocycles. The maximum absolute atomic E-state index is 11.9. The standard InChI is InChI=1S/C12H19NO4/c1-12(2,3)17-11(16)13-6-7-4-8(13)5-9(7)10(14)15/h7-9H,4-6H2,1-3H3,(H,14,15)/p-1. The number of hydrogen-bond donors (Lipinski definition) is 0. The molecule has 5 nitrogen and oxygen atoms in total. The molecule has 1 amide bonds. The summed E-state index contributed by atoms with van der Waals surface area (Å²) in [6, 6.07) is 0.0118. The normalized spacial score (nSPS) is 31.7. The first kappa shape index (κ1) is 12.2. The second-order valence-corrected chi connectivity index (χ2v) is 5.94. The Balaban J connectivity index is 1.96. The van der Waals surface area contributed by atoms with Gasteiger partial charge in [-0.3, -0.25) is 0 Å². The third kappa shape index (κ3) is 2.37. The molecule has 0 radical (unpaired) electrons. The Labute approximate surface area is 101 Å². The van der Waals surface area contributed by atoms with Gasteiger partial charge in [-0.25, -0.2) is 4.79 Å². The molecule has 2 rings (SSSR count). The number of carboxylic acids is 1. The molecule has 17 heavy (non-hydrogen) atoms. The van der Waals surface area contributed by atoms with Crippen molar-refractivity contribution in [3.63, 3.8) is 0 Å². The van der Waals surface area contributed by atoms with Gasteiger partial charge in [-0.1, -0.05) is 0 Å². The van der Waals surface area contributed by atoms with Crippen LogP contribution in [0.15, 0.2) is 0 Å². The van der Waals surface area contributed by atoms with Crippen LogP contribution in [-0.4, -0.2) is 35.2 Å². The third-order valence-electron chi connectivity index (χ3n) is 3.47. The van der Waals surface area contributed by atoms with E-state index in [0.717, 1.165) is 6.42 Å². The van der Waals surface area contributed by atoms with E-state index >= 15 is 0 Å². The van der Waals surface area contributed by atoms with Gasteiger partial charge in [0.15, 0.2) is 0 Å². The summed E-state index contributed by atoms with van der Waals surface area (Å²) in [7, 11) is 0. The summed E-state index contributed by atoms with van der Waals surface area (Å²) in [5, 5.41) is 10.9. The fraction of sp³-hybridized carbons (Fsp3) is 0.833. The Morgan fingerprint density at radius 2 is 1.94 bits per heavy atom. The van der Waals surface area contributed by atoms with Crippen molar-refractivity contribution >= 4 is 12.1 Å². The first-order valence-corrected chi connectivity index (χ1v) is 5.98. The number of amides is 1. The molecule has 0 aromatic heterocycles. The molecule has 3 unspecified atom stereocenters. The number of hydrogen-bond acceptors (Lipinski definition) is 4. The van der Waals surface area contributed by atoms with Crippen LogP contribution in [0, 0.1) is 11.8 Å². The highest BCUT2D eigenvalue weighted by molar-refractivity contribution is 5.72. The van der Waals surface area contributed by atoms with Crippen molar-refractivity contribution in [1.82, 2.24) is 4.90 Å². The van der Waals surface area contributed by atoms with Gasteiger partial charge in [0.05, 0.1) is 0 Å². The first-order valence-electron chi connectivity index (χ1n) is 5.98. The van der Waals surface area contributed by atoms with E-state index in [-0.39, 0.29) is 18.1 Å². The lowest BCUT2D eigenvalue weighted by Gasteiger charge is -2.33. The van der Waals surface area contributed by atoms with E-state index in [2.05, 4.69) is 0 Å². The van der Waals surface area contributed by atoms with E-state index < -0.39 is 17.5 Å². The predicted octanol–water partition coefficient (Wildman–Crippen LogP) is 0.382. The average Bonchev–Trinajstić information content (AvgIpc) is 2.72. The number of fused-ring (bicyclic) bond motifs is 2. The highest BCUT2D eigenvalue weighted by Crippen LogP contribution is 2.42. The molecule has 1 saturated heterocycles. The molecular weight excluding hydrogens is 222 g/mol. The van der Waals surface area contributed by atoms with Crippen LogP contribution in [0.1, 0.15) is 33.6 Å².